The van der Waals surface area contributed by atoms with E-state index in [0.29, 0.717) is 19.3 Å². The van der Waals surface area contributed by atoms with Crippen LogP contribution >= 0.6 is 0 Å². The van der Waals surface area contributed by atoms with Crippen LogP contribution in [0.5, 0.6) is 0 Å². The van der Waals surface area contributed by atoms with Crippen molar-refractivity contribution in [3.8, 4) is 0 Å². The standard InChI is InChI=1S/C11H13F3N4O3/c12-11(13,14)10(21)15-6-3-1-2-4-8(6)18-5-7(9(19)20)16-17-18/h5-6,8H,1-4H2,(H,15,21)(H,19,20)/t6-,8+/m0/s1. The number of carbonyl (C=O) groups is 2. The lowest BCUT2D eigenvalue weighted by Gasteiger charge is -2.32. The molecular weight excluding hydrogens is 293 g/mol. The van der Waals surface area contributed by atoms with Crippen molar-refractivity contribution in [1.82, 2.24) is 20.3 Å². The molecule has 0 aromatic carbocycles. The number of carboxylic acid groups (broad SMARTS) is 1. The zero-order valence-corrected chi connectivity index (χ0v) is 10.8. The highest BCUT2D eigenvalue weighted by molar-refractivity contribution is 5.84. The van der Waals surface area contributed by atoms with Crippen molar-refractivity contribution in [1.29, 1.82) is 0 Å². The van der Waals surface area contributed by atoms with E-state index < -0.39 is 30.1 Å². The molecule has 1 amide bonds. The lowest BCUT2D eigenvalue weighted by atomic mass is 9.90. The Bertz CT molecular complexity index is 543. The summed E-state index contributed by atoms with van der Waals surface area (Å²) in [5.74, 6) is -3.27. The number of hydrogen-bond acceptors (Lipinski definition) is 4. The molecule has 0 unspecified atom stereocenters. The van der Waals surface area contributed by atoms with Crippen molar-refractivity contribution < 1.29 is 27.9 Å². The molecule has 2 N–H and O–H groups in total. The van der Waals surface area contributed by atoms with Gasteiger partial charge in [0.25, 0.3) is 0 Å². The molecule has 1 aromatic heterocycles. The highest BCUT2D eigenvalue weighted by atomic mass is 19.4. The van der Waals surface area contributed by atoms with Crippen LogP contribution in [0, 0.1) is 0 Å². The van der Waals surface area contributed by atoms with Gasteiger partial charge in [0.15, 0.2) is 5.69 Å². The van der Waals surface area contributed by atoms with Gasteiger partial charge in [-0.25, -0.2) is 9.48 Å². The second-order valence-corrected chi connectivity index (χ2v) is 4.82. The van der Waals surface area contributed by atoms with Gasteiger partial charge < -0.3 is 10.4 Å². The van der Waals surface area contributed by atoms with Crippen LogP contribution in [0.1, 0.15) is 42.2 Å². The van der Waals surface area contributed by atoms with E-state index in [2.05, 4.69) is 10.3 Å². The van der Waals surface area contributed by atoms with Crippen molar-refractivity contribution >= 4 is 11.9 Å². The maximum Gasteiger partial charge on any atom is 0.471 e. The molecular formula is C11H13F3N4O3. The SMILES string of the molecule is O=C(O)c1cn([C@@H]2CCCC[C@@H]2NC(=O)C(F)(F)F)nn1. The Morgan fingerprint density at radius 3 is 2.57 bits per heavy atom. The van der Waals surface area contributed by atoms with E-state index in [-0.39, 0.29) is 5.69 Å². The van der Waals surface area contributed by atoms with E-state index in [1.165, 1.54) is 4.68 Å². The Morgan fingerprint density at radius 1 is 1.33 bits per heavy atom. The number of aromatic nitrogens is 3. The molecule has 2 rings (SSSR count). The van der Waals surface area contributed by atoms with Gasteiger partial charge in [0.05, 0.1) is 18.3 Å². The third kappa shape index (κ3) is 3.50. The van der Waals surface area contributed by atoms with Crippen molar-refractivity contribution in [2.24, 2.45) is 0 Å². The van der Waals surface area contributed by atoms with Crippen molar-refractivity contribution in [2.45, 2.75) is 43.9 Å². The van der Waals surface area contributed by atoms with E-state index >= 15 is 0 Å². The van der Waals surface area contributed by atoms with Gasteiger partial charge >= 0.3 is 18.1 Å². The second kappa shape index (κ2) is 5.70. The average molecular weight is 306 g/mol. The van der Waals surface area contributed by atoms with Gasteiger partial charge in [-0.15, -0.1) is 5.10 Å². The molecule has 116 valence electrons. The molecule has 0 radical (unpaired) electrons. The minimum absolute atomic E-state index is 0.290. The van der Waals surface area contributed by atoms with Gasteiger partial charge in [-0.05, 0) is 12.8 Å². The van der Waals surface area contributed by atoms with E-state index in [1.807, 2.05) is 5.32 Å². The summed E-state index contributed by atoms with van der Waals surface area (Å²) in [6, 6.07) is -1.29. The van der Waals surface area contributed by atoms with Crippen LogP contribution in [0.4, 0.5) is 13.2 Å². The van der Waals surface area contributed by atoms with Crippen molar-refractivity contribution in [3.05, 3.63) is 11.9 Å². The molecule has 2 atom stereocenters. The Hall–Kier alpha value is -2.13. The van der Waals surface area contributed by atoms with Gasteiger partial charge in [0, 0.05) is 0 Å². The lowest BCUT2D eigenvalue weighted by Crippen LogP contribution is -2.48. The number of alkyl halides is 3. The predicted molar refractivity (Wildman–Crippen MR) is 62.5 cm³/mol. The number of aromatic carboxylic acids is 1. The van der Waals surface area contributed by atoms with Crippen molar-refractivity contribution in [2.75, 3.05) is 0 Å². The number of hydrogen-bond donors (Lipinski definition) is 2. The zero-order chi connectivity index (χ0) is 15.6. The summed E-state index contributed by atoms with van der Waals surface area (Å²) in [6.07, 6.45) is -1.49. The molecule has 1 fully saturated rings. The molecule has 10 heteroatoms. The highest BCUT2D eigenvalue weighted by Crippen LogP contribution is 2.29. The molecule has 1 saturated carbocycles. The third-order valence-corrected chi connectivity index (χ3v) is 3.37. The van der Waals surface area contributed by atoms with Crippen LogP contribution < -0.4 is 5.32 Å². The van der Waals surface area contributed by atoms with Gasteiger partial charge in [0.1, 0.15) is 0 Å². The summed E-state index contributed by atoms with van der Waals surface area (Å²) < 4.78 is 38.2. The molecule has 1 aromatic rings. The van der Waals surface area contributed by atoms with Gasteiger partial charge in [-0.3, -0.25) is 4.79 Å². The van der Waals surface area contributed by atoms with Crippen molar-refractivity contribution in [3.63, 3.8) is 0 Å². The quantitative estimate of drug-likeness (QED) is 0.872. The topological polar surface area (TPSA) is 97.1 Å². The molecule has 0 spiro atoms. The van der Waals surface area contributed by atoms with Crippen LogP contribution in [0.15, 0.2) is 6.20 Å². The van der Waals surface area contributed by atoms with Crippen LogP contribution in [-0.4, -0.2) is 44.2 Å². The van der Waals surface area contributed by atoms with Gasteiger partial charge in [0.2, 0.25) is 0 Å². The summed E-state index contributed by atoms with van der Waals surface area (Å²) in [6.45, 7) is 0. The number of rotatable bonds is 3. The molecule has 0 saturated heterocycles. The van der Waals surface area contributed by atoms with Gasteiger partial charge in [-0.2, -0.15) is 13.2 Å². The summed E-state index contributed by atoms with van der Waals surface area (Å²) >= 11 is 0. The first-order valence-electron chi connectivity index (χ1n) is 6.32. The van der Waals surface area contributed by atoms with Gasteiger partial charge in [-0.1, -0.05) is 18.1 Å². The monoisotopic (exact) mass is 306 g/mol. The number of carboxylic acids is 1. The second-order valence-electron chi connectivity index (χ2n) is 4.82. The smallest absolute Gasteiger partial charge is 0.471 e. The number of nitrogens with one attached hydrogen (secondary N) is 1. The first-order chi connectivity index (χ1) is 9.79. The highest BCUT2D eigenvalue weighted by Gasteiger charge is 2.41. The zero-order valence-electron chi connectivity index (χ0n) is 10.8. The molecule has 7 nitrogen and oxygen atoms in total. The maximum atomic E-state index is 12.3. The fraction of sp³-hybridized carbons (Fsp3) is 0.636. The molecule has 0 aliphatic heterocycles. The van der Waals surface area contributed by atoms with E-state index in [1.54, 1.807) is 0 Å². The fourth-order valence-corrected chi connectivity index (χ4v) is 2.38. The number of halogens is 3. The van der Waals surface area contributed by atoms with Crippen LogP contribution in [0.25, 0.3) is 0 Å². The normalized spacial score (nSPS) is 22.8. The summed E-state index contributed by atoms with van der Waals surface area (Å²) in [4.78, 5) is 21.8. The number of nitrogens with zero attached hydrogens (tertiary/aromatic N) is 3. The summed E-state index contributed by atoms with van der Waals surface area (Å²) in [5, 5.41) is 17.8. The molecule has 1 aliphatic carbocycles. The van der Waals surface area contributed by atoms with Crippen LogP contribution in [0.3, 0.4) is 0 Å². The van der Waals surface area contributed by atoms with Crippen LogP contribution in [-0.2, 0) is 4.79 Å². The van der Waals surface area contributed by atoms with E-state index in [9.17, 15) is 22.8 Å². The Kier molecular flexibility index (Phi) is 4.14. The third-order valence-electron chi connectivity index (χ3n) is 3.37. The Labute approximate surface area is 117 Å². The average Bonchev–Trinajstić information content (AvgIpc) is 2.88. The summed E-state index contributed by atoms with van der Waals surface area (Å²) in [5.41, 5.74) is -0.290. The largest absolute Gasteiger partial charge is 0.476 e. The van der Waals surface area contributed by atoms with Crippen LogP contribution in [0.2, 0.25) is 0 Å². The van der Waals surface area contributed by atoms with E-state index in [0.717, 1.165) is 12.6 Å². The summed E-state index contributed by atoms with van der Waals surface area (Å²) in [7, 11) is 0. The first-order valence-corrected chi connectivity index (χ1v) is 6.32. The Morgan fingerprint density at radius 2 is 2.00 bits per heavy atom. The minimum Gasteiger partial charge on any atom is -0.476 e. The maximum absolute atomic E-state index is 12.3. The molecule has 1 heterocycles. The Balaban J connectivity index is 2.15. The predicted octanol–water partition coefficient (Wildman–Crippen LogP) is 1.14. The fourth-order valence-electron chi connectivity index (χ4n) is 2.38. The molecule has 1 aliphatic rings. The first kappa shape index (κ1) is 15.3. The number of amides is 1. The number of carbonyl (C=O) groups excluding carboxylic acids is 1. The molecule has 21 heavy (non-hydrogen) atoms. The minimum atomic E-state index is -4.95. The molecule has 0 bridgehead atoms. The lowest BCUT2D eigenvalue weighted by molar-refractivity contribution is -0.175. The van der Waals surface area contributed by atoms with E-state index in [4.69, 9.17) is 5.11 Å².